The minimum Gasteiger partial charge on any atom is -0.352 e. The van der Waals surface area contributed by atoms with Crippen LogP contribution in [0.1, 0.15) is 67.3 Å². The van der Waals surface area contributed by atoms with E-state index in [-0.39, 0.29) is 10.8 Å². The van der Waals surface area contributed by atoms with Crippen LogP contribution < -0.4 is 11.1 Å². The highest BCUT2D eigenvalue weighted by Gasteiger charge is 2.48. The Morgan fingerprint density at radius 2 is 1.65 bits per heavy atom. The van der Waals surface area contributed by atoms with Crippen molar-refractivity contribution in [1.29, 1.82) is 0 Å². The molecular formula is C19H27ClN2O. The average Bonchev–Trinajstić information content (AvgIpc) is 2.60. The quantitative estimate of drug-likeness (QED) is 0.615. The highest BCUT2D eigenvalue weighted by Crippen LogP contribution is 2.56. The second kappa shape index (κ2) is 6.82. The van der Waals surface area contributed by atoms with Gasteiger partial charge >= 0.3 is 0 Å². The number of nitrogens with one attached hydrogen (secondary N) is 1. The molecule has 4 rings (SSSR count). The zero-order valence-corrected chi connectivity index (χ0v) is 14.5. The molecule has 3 aliphatic rings. The Morgan fingerprint density at radius 1 is 1.04 bits per heavy atom. The molecule has 0 saturated heterocycles. The van der Waals surface area contributed by atoms with Crippen molar-refractivity contribution >= 4 is 17.5 Å². The first-order valence-electron chi connectivity index (χ1n) is 8.85. The summed E-state index contributed by atoms with van der Waals surface area (Å²) in [4.78, 5) is 12.2. The molecule has 0 unspecified atom stereocenters. The Balaban J connectivity index is 1.62. The summed E-state index contributed by atoms with van der Waals surface area (Å²) in [6.07, 6.45) is 8.80. The predicted octanol–water partition coefficient (Wildman–Crippen LogP) is 3.74. The number of amides is 1. The number of hydrogen-bond donors (Lipinski definition) is 2. The number of alkyl halides is 1. The lowest BCUT2D eigenvalue weighted by molar-refractivity contribution is 0.0953. The van der Waals surface area contributed by atoms with Crippen molar-refractivity contribution in [1.82, 2.24) is 5.32 Å². The van der Waals surface area contributed by atoms with Gasteiger partial charge in [0.05, 0.1) is 0 Å². The van der Waals surface area contributed by atoms with Crippen LogP contribution in [0.15, 0.2) is 24.3 Å². The zero-order valence-electron chi connectivity index (χ0n) is 13.7. The molecule has 3 saturated carbocycles. The van der Waals surface area contributed by atoms with Gasteiger partial charge < -0.3 is 11.1 Å². The fraction of sp³-hybridized carbons (Fsp3) is 0.632. The van der Waals surface area contributed by atoms with Crippen LogP contribution in [0, 0.1) is 0 Å². The van der Waals surface area contributed by atoms with E-state index in [0.717, 1.165) is 37.7 Å². The summed E-state index contributed by atoms with van der Waals surface area (Å²) in [5.74, 6) is 0.0122. The van der Waals surface area contributed by atoms with E-state index in [0.29, 0.717) is 18.5 Å². The molecule has 0 heterocycles. The monoisotopic (exact) mass is 334 g/mol. The average molecular weight is 335 g/mol. The van der Waals surface area contributed by atoms with E-state index in [1.54, 1.807) is 0 Å². The summed E-state index contributed by atoms with van der Waals surface area (Å²) in [6.45, 7) is 1.37. The SMILES string of the molecule is NCCCCNC(=O)c1ccc(C23CCC(Cl)(CC2)CC3)cc1. The van der Waals surface area contributed by atoms with Crippen molar-refractivity contribution in [2.24, 2.45) is 5.73 Å². The van der Waals surface area contributed by atoms with Gasteiger partial charge in [-0.1, -0.05) is 12.1 Å². The van der Waals surface area contributed by atoms with Crippen molar-refractivity contribution in [3.63, 3.8) is 0 Å². The third-order valence-electron chi connectivity index (χ3n) is 5.83. The van der Waals surface area contributed by atoms with E-state index >= 15 is 0 Å². The third-order valence-corrected chi connectivity index (χ3v) is 6.40. The van der Waals surface area contributed by atoms with Crippen LogP contribution in [0.4, 0.5) is 0 Å². The summed E-state index contributed by atoms with van der Waals surface area (Å²) >= 11 is 6.62. The maximum absolute atomic E-state index is 12.1. The van der Waals surface area contributed by atoms with Crippen molar-refractivity contribution in [2.75, 3.05) is 13.1 Å². The number of unbranched alkanes of at least 4 members (excludes halogenated alkanes) is 1. The number of carbonyl (C=O) groups excluding carboxylic acids is 1. The molecule has 0 spiro atoms. The highest BCUT2D eigenvalue weighted by molar-refractivity contribution is 6.24. The second-order valence-corrected chi connectivity index (χ2v) is 8.06. The summed E-state index contributed by atoms with van der Waals surface area (Å²) in [5.41, 5.74) is 7.89. The molecule has 4 heteroatoms. The summed E-state index contributed by atoms with van der Waals surface area (Å²) in [7, 11) is 0. The van der Waals surface area contributed by atoms with Gasteiger partial charge in [0.25, 0.3) is 5.91 Å². The van der Waals surface area contributed by atoms with Crippen molar-refractivity contribution in [3.05, 3.63) is 35.4 Å². The third kappa shape index (κ3) is 3.56. The first kappa shape index (κ1) is 16.8. The van der Waals surface area contributed by atoms with Gasteiger partial charge in [-0.2, -0.15) is 0 Å². The van der Waals surface area contributed by atoms with Crippen molar-refractivity contribution in [2.45, 2.75) is 61.7 Å². The fourth-order valence-corrected chi connectivity index (χ4v) is 4.40. The summed E-state index contributed by atoms with van der Waals surface area (Å²) in [6, 6.07) is 8.25. The van der Waals surface area contributed by atoms with Crippen LogP contribution >= 0.6 is 11.6 Å². The molecule has 2 bridgehead atoms. The predicted molar refractivity (Wildman–Crippen MR) is 95.0 cm³/mol. The fourth-order valence-electron chi connectivity index (χ4n) is 4.12. The molecule has 1 amide bonds. The Labute approximate surface area is 144 Å². The van der Waals surface area contributed by atoms with Crippen LogP contribution in [0.2, 0.25) is 0 Å². The van der Waals surface area contributed by atoms with E-state index in [9.17, 15) is 4.79 Å². The highest BCUT2D eigenvalue weighted by atomic mass is 35.5. The van der Waals surface area contributed by atoms with Gasteiger partial charge in [-0.25, -0.2) is 0 Å². The first-order valence-corrected chi connectivity index (χ1v) is 9.23. The molecule has 3 N–H and O–H groups in total. The molecule has 3 aliphatic carbocycles. The molecule has 3 nitrogen and oxygen atoms in total. The largest absolute Gasteiger partial charge is 0.352 e. The summed E-state index contributed by atoms with van der Waals surface area (Å²) < 4.78 is 0. The molecule has 3 fully saturated rings. The molecule has 1 aromatic rings. The standard InChI is InChI=1S/C19H27ClN2O/c20-19-10-7-18(8-11-19,9-12-19)16-5-3-15(4-6-16)17(23)22-14-2-1-13-21/h3-6H,1-2,7-14,21H2,(H,22,23). The van der Waals surface area contributed by atoms with Crippen LogP contribution in [-0.2, 0) is 5.41 Å². The molecule has 0 aromatic heterocycles. The van der Waals surface area contributed by atoms with Gasteiger partial charge in [0, 0.05) is 17.0 Å². The number of fused-ring (bicyclic) bond motifs is 3. The maximum atomic E-state index is 12.1. The number of carbonyl (C=O) groups is 1. The van der Waals surface area contributed by atoms with Gasteiger partial charge in [0.1, 0.15) is 0 Å². The smallest absolute Gasteiger partial charge is 0.251 e. The van der Waals surface area contributed by atoms with Gasteiger partial charge in [0.15, 0.2) is 0 Å². The number of benzene rings is 1. The van der Waals surface area contributed by atoms with E-state index < -0.39 is 0 Å². The van der Waals surface area contributed by atoms with E-state index in [1.807, 2.05) is 12.1 Å². The van der Waals surface area contributed by atoms with Crippen LogP contribution in [0.3, 0.4) is 0 Å². The van der Waals surface area contributed by atoms with Gasteiger partial charge in [-0.3, -0.25) is 4.79 Å². The van der Waals surface area contributed by atoms with Crippen LogP contribution in [0.25, 0.3) is 0 Å². The van der Waals surface area contributed by atoms with E-state index in [4.69, 9.17) is 17.3 Å². The van der Waals surface area contributed by atoms with Gasteiger partial charge in [0.2, 0.25) is 0 Å². The van der Waals surface area contributed by atoms with E-state index in [2.05, 4.69) is 17.4 Å². The Kier molecular flexibility index (Phi) is 4.98. The molecule has 126 valence electrons. The van der Waals surface area contributed by atoms with Gasteiger partial charge in [-0.05, 0) is 81.0 Å². The zero-order chi connectivity index (χ0) is 16.3. The Morgan fingerprint density at radius 3 is 2.22 bits per heavy atom. The normalized spacial score (nSPS) is 29.5. The van der Waals surface area contributed by atoms with Crippen LogP contribution in [-0.4, -0.2) is 23.9 Å². The number of halogens is 1. The molecule has 0 atom stereocenters. The topological polar surface area (TPSA) is 55.1 Å². The number of nitrogens with two attached hydrogens (primary N) is 1. The molecule has 23 heavy (non-hydrogen) atoms. The number of rotatable bonds is 6. The Bertz CT molecular complexity index is 530. The molecule has 0 radical (unpaired) electrons. The molecule has 0 aliphatic heterocycles. The minimum absolute atomic E-state index is 0.0122. The first-order chi connectivity index (χ1) is 11.1. The van der Waals surface area contributed by atoms with Crippen molar-refractivity contribution in [3.8, 4) is 0 Å². The van der Waals surface area contributed by atoms with Gasteiger partial charge in [-0.15, -0.1) is 11.6 Å². The van der Waals surface area contributed by atoms with Crippen LogP contribution in [0.5, 0.6) is 0 Å². The summed E-state index contributed by atoms with van der Waals surface area (Å²) in [5, 5.41) is 2.96. The second-order valence-electron chi connectivity index (χ2n) is 7.26. The minimum atomic E-state index is 0.0122. The lowest BCUT2D eigenvalue weighted by Gasteiger charge is -2.51. The van der Waals surface area contributed by atoms with E-state index in [1.165, 1.54) is 24.8 Å². The molecular weight excluding hydrogens is 308 g/mol. The van der Waals surface area contributed by atoms with Crippen molar-refractivity contribution < 1.29 is 4.79 Å². The lowest BCUT2D eigenvalue weighted by Crippen LogP contribution is -2.45. The maximum Gasteiger partial charge on any atom is 0.251 e. The molecule has 1 aromatic carbocycles. The Hall–Kier alpha value is -1.06. The lowest BCUT2D eigenvalue weighted by atomic mass is 9.57. The number of hydrogen-bond acceptors (Lipinski definition) is 2.